The van der Waals surface area contributed by atoms with Gasteiger partial charge in [-0.2, -0.15) is 0 Å². The summed E-state index contributed by atoms with van der Waals surface area (Å²) in [4.78, 5) is 16.3. The standard InChI is InChI=1S/C22H23F3N4O/c23-17-3-1-15(2-4-17)16-7-8-26-21(13-16)28-9-11-29(12-10-28)22(30)27-20-6-5-18(24)14-19(20)25/h1-7,14,21,26H,8-13H2,(H,27,30). The van der Waals surface area contributed by atoms with Gasteiger partial charge in [-0.1, -0.05) is 18.2 Å². The third kappa shape index (κ3) is 4.66. The zero-order valence-corrected chi connectivity index (χ0v) is 16.4. The second-order valence-corrected chi connectivity index (χ2v) is 7.44. The summed E-state index contributed by atoms with van der Waals surface area (Å²) in [6.07, 6.45) is 3.04. The minimum Gasteiger partial charge on any atom is -0.322 e. The highest BCUT2D eigenvalue weighted by molar-refractivity contribution is 5.89. The fourth-order valence-electron chi connectivity index (χ4n) is 3.86. The second kappa shape index (κ2) is 8.89. The second-order valence-electron chi connectivity index (χ2n) is 7.44. The summed E-state index contributed by atoms with van der Waals surface area (Å²) >= 11 is 0. The molecule has 2 N–H and O–H groups in total. The molecule has 0 aromatic heterocycles. The minimum atomic E-state index is -0.798. The van der Waals surface area contributed by atoms with Gasteiger partial charge in [-0.15, -0.1) is 0 Å². The lowest BCUT2D eigenvalue weighted by molar-refractivity contribution is 0.0992. The van der Waals surface area contributed by atoms with Crippen LogP contribution in [0.25, 0.3) is 5.57 Å². The van der Waals surface area contributed by atoms with Crippen LogP contribution in [0.2, 0.25) is 0 Å². The number of rotatable bonds is 3. The maximum atomic E-state index is 13.8. The van der Waals surface area contributed by atoms with E-state index in [9.17, 15) is 18.0 Å². The molecule has 0 spiro atoms. The number of halogens is 3. The van der Waals surface area contributed by atoms with Gasteiger partial charge >= 0.3 is 6.03 Å². The zero-order chi connectivity index (χ0) is 21.1. The van der Waals surface area contributed by atoms with E-state index < -0.39 is 17.7 Å². The number of nitrogens with one attached hydrogen (secondary N) is 2. The van der Waals surface area contributed by atoms with Gasteiger partial charge in [0.25, 0.3) is 0 Å². The van der Waals surface area contributed by atoms with Gasteiger partial charge in [0.15, 0.2) is 0 Å². The van der Waals surface area contributed by atoms with Crippen LogP contribution in [-0.4, -0.2) is 54.7 Å². The summed E-state index contributed by atoms with van der Waals surface area (Å²) in [5.74, 6) is -1.73. The molecule has 2 amide bonds. The number of amides is 2. The van der Waals surface area contributed by atoms with Crippen molar-refractivity contribution in [2.45, 2.75) is 12.6 Å². The molecule has 2 aliphatic rings. The molecule has 4 rings (SSSR count). The summed E-state index contributed by atoms with van der Waals surface area (Å²) in [6.45, 7) is 3.08. The van der Waals surface area contributed by atoms with E-state index >= 15 is 0 Å². The monoisotopic (exact) mass is 416 g/mol. The summed E-state index contributed by atoms with van der Waals surface area (Å²) in [5, 5.41) is 5.97. The van der Waals surface area contributed by atoms with Crippen LogP contribution < -0.4 is 10.6 Å². The first-order valence-corrected chi connectivity index (χ1v) is 9.93. The van der Waals surface area contributed by atoms with Crippen molar-refractivity contribution in [3.63, 3.8) is 0 Å². The van der Waals surface area contributed by atoms with Crippen LogP contribution in [0.5, 0.6) is 0 Å². The number of urea groups is 1. The Kier molecular flexibility index (Phi) is 6.06. The normalized spacial score (nSPS) is 20.0. The molecule has 0 saturated carbocycles. The van der Waals surface area contributed by atoms with Crippen molar-refractivity contribution in [2.24, 2.45) is 0 Å². The Morgan fingerprint density at radius 2 is 1.67 bits per heavy atom. The quantitative estimate of drug-likeness (QED) is 0.803. The summed E-state index contributed by atoms with van der Waals surface area (Å²) in [6, 6.07) is 9.19. The molecular formula is C22H23F3N4O. The third-order valence-corrected chi connectivity index (χ3v) is 5.55. The van der Waals surface area contributed by atoms with Crippen molar-refractivity contribution in [1.29, 1.82) is 0 Å². The molecule has 2 heterocycles. The van der Waals surface area contributed by atoms with Crippen molar-refractivity contribution in [3.05, 3.63) is 71.6 Å². The summed E-state index contributed by atoms with van der Waals surface area (Å²) in [5.41, 5.74) is 2.15. The van der Waals surface area contributed by atoms with Gasteiger partial charge < -0.3 is 10.2 Å². The lowest BCUT2D eigenvalue weighted by Crippen LogP contribution is -2.57. The molecular weight excluding hydrogens is 393 g/mol. The van der Waals surface area contributed by atoms with Crippen molar-refractivity contribution in [2.75, 3.05) is 38.0 Å². The van der Waals surface area contributed by atoms with E-state index in [2.05, 4.69) is 21.6 Å². The predicted octanol–water partition coefficient (Wildman–Crippen LogP) is 3.66. The maximum Gasteiger partial charge on any atom is 0.322 e. The maximum absolute atomic E-state index is 13.8. The van der Waals surface area contributed by atoms with E-state index in [1.165, 1.54) is 23.8 Å². The van der Waals surface area contributed by atoms with Gasteiger partial charge in [-0.05, 0) is 35.4 Å². The Bertz CT molecular complexity index is 940. The number of piperazine rings is 1. The smallest absolute Gasteiger partial charge is 0.322 e. The molecule has 8 heteroatoms. The van der Waals surface area contributed by atoms with Gasteiger partial charge in [-0.25, -0.2) is 18.0 Å². The lowest BCUT2D eigenvalue weighted by Gasteiger charge is -2.41. The fourth-order valence-corrected chi connectivity index (χ4v) is 3.86. The fraction of sp³-hybridized carbons (Fsp3) is 0.318. The first-order chi connectivity index (χ1) is 14.5. The van der Waals surface area contributed by atoms with Gasteiger partial charge in [0, 0.05) is 45.2 Å². The highest BCUT2D eigenvalue weighted by Crippen LogP contribution is 2.25. The van der Waals surface area contributed by atoms with E-state index in [1.807, 2.05) is 0 Å². The van der Waals surface area contributed by atoms with Gasteiger partial charge in [-0.3, -0.25) is 10.2 Å². The van der Waals surface area contributed by atoms with Crippen LogP contribution in [0.15, 0.2) is 48.5 Å². The average Bonchev–Trinajstić information content (AvgIpc) is 2.76. The molecule has 1 saturated heterocycles. The van der Waals surface area contributed by atoms with E-state index in [-0.39, 0.29) is 17.7 Å². The van der Waals surface area contributed by atoms with Crippen LogP contribution >= 0.6 is 0 Å². The molecule has 2 aliphatic heterocycles. The topological polar surface area (TPSA) is 47.6 Å². The Morgan fingerprint density at radius 1 is 0.967 bits per heavy atom. The number of nitrogens with zero attached hydrogens (tertiary/aromatic N) is 2. The van der Waals surface area contributed by atoms with Crippen molar-refractivity contribution < 1.29 is 18.0 Å². The molecule has 0 radical (unpaired) electrons. The molecule has 2 aromatic rings. The SMILES string of the molecule is O=C(Nc1ccc(F)cc1F)N1CCN(C2CC(c3ccc(F)cc3)=CCN2)CC1. The van der Waals surface area contributed by atoms with Crippen LogP contribution in [0.3, 0.4) is 0 Å². The number of hydrogen-bond acceptors (Lipinski definition) is 3. The number of benzene rings is 2. The van der Waals surface area contributed by atoms with Crippen molar-refractivity contribution >= 4 is 17.3 Å². The molecule has 2 aromatic carbocycles. The highest BCUT2D eigenvalue weighted by Gasteiger charge is 2.28. The number of carbonyl (C=O) groups is 1. The molecule has 1 fully saturated rings. The molecule has 0 aliphatic carbocycles. The van der Waals surface area contributed by atoms with Crippen molar-refractivity contribution in [1.82, 2.24) is 15.1 Å². The summed E-state index contributed by atoms with van der Waals surface area (Å²) in [7, 11) is 0. The minimum absolute atomic E-state index is 0.0353. The Labute approximate surface area is 173 Å². The lowest BCUT2D eigenvalue weighted by atomic mass is 9.97. The molecule has 30 heavy (non-hydrogen) atoms. The van der Waals surface area contributed by atoms with Gasteiger partial charge in [0.1, 0.15) is 17.5 Å². The first kappa shape index (κ1) is 20.4. The summed E-state index contributed by atoms with van der Waals surface area (Å²) < 4.78 is 40.0. The van der Waals surface area contributed by atoms with Gasteiger partial charge in [0.05, 0.1) is 11.9 Å². The number of carbonyl (C=O) groups excluding carboxylic acids is 1. The van der Waals surface area contributed by atoms with Crippen LogP contribution in [0.4, 0.5) is 23.7 Å². The van der Waals surface area contributed by atoms with Crippen LogP contribution in [0.1, 0.15) is 12.0 Å². The van der Waals surface area contributed by atoms with Crippen LogP contribution in [0, 0.1) is 17.5 Å². The molecule has 5 nitrogen and oxygen atoms in total. The number of hydrogen-bond donors (Lipinski definition) is 2. The Hall–Kier alpha value is -2.84. The molecule has 0 bridgehead atoms. The molecule has 158 valence electrons. The van der Waals surface area contributed by atoms with Crippen LogP contribution in [-0.2, 0) is 0 Å². The average molecular weight is 416 g/mol. The first-order valence-electron chi connectivity index (χ1n) is 9.93. The molecule has 1 unspecified atom stereocenters. The third-order valence-electron chi connectivity index (χ3n) is 5.55. The highest BCUT2D eigenvalue weighted by atomic mass is 19.1. The van der Waals surface area contributed by atoms with Gasteiger partial charge in [0.2, 0.25) is 0 Å². The van der Waals surface area contributed by atoms with E-state index in [1.54, 1.807) is 17.0 Å². The Morgan fingerprint density at radius 3 is 2.37 bits per heavy atom. The predicted molar refractivity (Wildman–Crippen MR) is 109 cm³/mol. The number of anilines is 1. The van der Waals surface area contributed by atoms with Crippen molar-refractivity contribution in [3.8, 4) is 0 Å². The van der Waals surface area contributed by atoms with E-state index in [4.69, 9.17) is 0 Å². The largest absolute Gasteiger partial charge is 0.322 e. The Balaban J connectivity index is 1.31. The molecule has 1 atom stereocenters. The van der Waals surface area contributed by atoms with E-state index in [0.717, 1.165) is 30.7 Å². The van der Waals surface area contributed by atoms with E-state index in [0.29, 0.717) is 26.2 Å². The zero-order valence-electron chi connectivity index (χ0n) is 16.4.